The van der Waals surface area contributed by atoms with Gasteiger partial charge in [-0.05, 0) is 25.8 Å². The van der Waals surface area contributed by atoms with E-state index in [0.29, 0.717) is 10.5 Å². The number of hydrogen-bond donors (Lipinski definition) is 2. The van der Waals surface area contributed by atoms with E-state index in [4.69, 9.17) is 0 Å². The molecule has 2 heterocycles. The second-order valence-electron chi connectivity index (χ2n) is 6.85. The van der Waals surface area contributed by atoms with E-state index in [1.807, 2.05) is 0 Å². The minimum Gasteiger partial charge on any atom is -0.348 e. The summed E-state index contributed by atoms with van der Waals surface area (Å²) in [5, 5.41) is 13.8. The van der Waals surface area contributed by atoms with Gasteiger partial charge in [0.2, 0.25) is 0 Å². The number of benzene rings is 1. The second kappa shape index (κ2) is 5.02. The Morgan fingerprint density at radius 3 is 2.23 bits per heavy atom. The lowest BCUT2D eigenvalue weighted by molar-refractivity contribution is -0.409. The fourth-order valence-corrected chi connectivity index (χ4v) is 3.33. The van der Waals surface area contributed by atoms with E-state index in [1.54, 1.807) is 12.1 Å². The first-order chi connectivity index (χ1) is 11.7. The predicted molar refractivity (Wildman–Crippen MR) is 76.6 cm³/mol. The zero-order valence-electron chi connectivity index (χ0n) is 13.5. The van der Waals surface area contributed by atoms with E-state index in [2.05, 4.69) is 5.10 Å². The van der Waals surface area contributed by atoms with E-state index in [-0.39, 0.29) is 17.8 Å². The zero-order chi connectivity index (χ0) is 19.8. The monoisotopic (exact) mass is 385 g/mol. The third kappa shape index (κ3) is 2.15. The van der Waals surface area contributed by atoms with Crippen molar-refractivity contribution in [2.75, 3.05) is 0 Å². The fourth-order valence-electron chi connectivity index (χ4n) is 3.33. The quantitative estimate of drug-likeness (QED) is 0.770. The van der Waals surface area contributed by atoms with Crippen LogP contribution in [0.25, 0.3) is 0 Å². The number of hydrogen-bond acceptors (Lipinski definition) is 4. The highest BCUT2D eigenvalue weighted by atomic mass is 19.4. The molecule has 3 rings (SSSR count). The van der Waals surface area contributed by atoms with Crippen LogP contribution in [0.2, 0.25) is 0 Å². The molecule has 0 bridgehead atoms. The van der Waals surface area contributed by atoms with Crippen LogP contribution >= 0.6 is 0 Å². The maximum Gasteiger partial charge on any atom is 0.460 e. The van der Waals surface area contributed by atoms with Crippen molar-refractivity contribution in [3.05, 3.63) is 35.4 Å². The van der Waals surface area contributed by atoms with Gasteiger partial charge in [0.15, 0.2) is 5.84 Å². The molecule has 0 fully saturated rings. The van der Waals surface area contributed by atoms with Gasteiger partial charge in [0.25, 0.3) is 0 Å². The Labute approximate surface area is 143 Å². The topological polar surface area (TPSA) is 47.9 Å². The number of nitrogens with one attached hydrogen (secondary N) is 1. The van der Waals surface area contributed by atoms with Gasteiger partial charge < -0.3 is 5.11 Å². The van der Waals surface area contributed by atoms with Gasteiger partial charge in [-0.15, -0.1) is 0 Å². The van der Waals surface area contributed by atoms with Crippen LogP contribution in [0, 0.1) is 0 Å². The normalized spacial score (nSPS) is 25.3. The number of hydrazone groups is 1. The fraction of sp³-hybridized carbons (Fsp3) is 0.533. The summed E-state index contributed by atoms with van der Waals surface area (Å²) in [7, 11) is 0. The van der Waals surface area contributed by atoms with Crippen LogP contribution in [0.4, 0.5) is 30.7 Å². The van der Waals surface area contributed by atoms with Crippen molar-refractivity contribution in [1.29, 1.82) is 0 Å². The Morgan fingerprint density at radius 2 is 1.65 bits per heavy atom. The summed E-state index contributed by atoms with van der Waals surface area (Å²) < 4.78 is 93.6. The lowest BCUT2D eigenvalue weighted by Gasteiger charge is -2.51. The molecule has 2 aliphatic rings. The molecular weight excluding hydrogens is 371 g/mol. The maximum atomic E-state index is 14.4. The molecule has 0 saturated heterocycles. The zero-order valence-corrected chi connectivity index (χ0v) is 13.5. The Hall–Kier alpha value is -2.04. The third-order valence-corrected chi connectivity index (χ3v) is 4.53. The molecule has 1 aromatic carbocycles. The van der Waals surface area contributed by atoms with Gasteiger partial charge in [0.05, 0.1) is 0 Å². The van der Waals surface area contributed by atoms with Gasteiger partial charge in [-0.3, -0.25) is 10.3 Å². The SMILES string of the molecule is CC1(C)Cc2ccccc2C2=NNC(O)(C(F)(F)C(F)(F)C(F)(F)F)N21. The van der Waals surface area contributed by atoms with Crippen LogP contribution in [0.5, 0.6) is 0 Å². The Bertz CT molecular complexity index is 775. The number of fused-ring (bicyclic) bond motifs is 3. The molecule has 144 valence electrons. The first-order valence-electron chi connectivity index (χ1n) is 7.45. The number of amidine groups is 1. The number of halogens is 7. The van der Waals surface area contributed by atoms with Gasteiger partial charge in [0.1, 0.15) is 0 Å². The smallest absolute Gasteiger partial charge is 0.348 e. The molecule has 0 aromatic heterocycles. The Morgan fingerprint density at radius 1 is 1.08 bits per heavy atom. The number of nitrogens with zero attached hydrogens (tertiary/aromatic N) is 2. The molecule has 0 spiro atoms. The third-order valence-electron chi connectivity index (χ3n) is 4.53. The number of alkyl halides is 7. The van der Waals surface area contributed by atoms with Crippen molar-refractivity contribution in [3.63, 3.8) is 0 Å². The predicted octanol–water partition coefficient (Wildman–Crippen LogP) is 3.07. The van der Waals surface area contributed by atoms with E-state index in [9.17, 15) is 35.8 Å². The largest absolute Gasteiger partial charge is 0.460 e. The summed E-state index contributed by atoms with van der Waals surface area (Å²) in [4.78, 5) is 0.391. The van der Waals surface area contributed by atoms with Crippen molar-refractivity contribution in [2.45, 2.75) is 49.7 Å². The van der Waals surface area contributed by atoms with Crippen molar-refractivity contribution in [1.82, 2.24) is 10.3 Å². The van der Waals surface area contributed by atoms with Gasteiger partial charge >= 0.3 is 23.9 Å². The van der Waals surface area contributed by atoms with E-state index in [1.165, 1.54) is 31.4 Å². The molecule has 0 aliphatic carbocycles. The Kier molecular flexibility index (Phi) is 3.62. The summed E-state index contributed by atoms with van der Waals surface area (Å²) in [6.07, 6.45) is -6.56. The van der Waals surface area contributed by atoms with Gasteiger partial charge in [-0.2, -0.15) is 35.8 Å². The van der Waals surface area contributed by atoms with Gasteiger partial charge in [0, 0.05) is 11.1 Å². The molecule has 1 atom stereocenters. The minimum atomic E-state index is -6.57. The molecule has 11 heteroatoms. The summed E-state index contributed by atoms with van der Waals surface area (Å²) in [5.41, 5.74) is 0.876. The molecule has 1 aromatic rings. The molecule has 4 nitrogen and oxygen atoms in total. The highest BCUT2D eigenvalue weighted by Gasteiger charge is 2.83. The molecular formula is C15H14F7N3O. The molecule has 2 N–H and O–H groups in total. The van der Waals surface area contributed by atoms with Crippen LogP contribution in [0.15, 0.2) is 29.4 Å². The van der Waals surface area contributed by atoms with E-state index < -0.39 is 29.4 Å². The van der Waals surface area contributed by atoms with Crippen molar-refractivity contribution >= 4 is 5.84 Å². The molecule has 0 saturated carbocycles. The van der Waals surface area contributed by atoms with Crippen LogP contribution < -0.4 is 5.43 Å². The number of rotatable bonds is 2. The molecule has 2 aliphatic heterocycles. The van der Waals surface area contributed by atoms with E-state index >= 15 is 0 Å². The first-order valence-corrected chi connectivity index (χ1v) is 7.45. The summed E-state index contributed by atoms with van der Waals surface area (Å²) in [6, 6.07) is 6.28. The lowest BCUT2D eigenvalue weighted by Crippen LogP contribution is -2.77. The van der Waals surface area contributed by atoms with Crippen LogP contribution in [-0.2, 0) is 6.42 Å². The van der Waals surface area contributed by atoms with Crippen LogP contribution in [0.1, 0.15) is 25.0 Å². The lowest BCUT2D eigenvalue weighted by atomic mass is 9.83. The molecule has 1 unspecified atom stereocenters. The number of aliphatic hydroxyl groups is 1. The molecule has 0 radical (unpaired) electrons. The van der Waals surface area contributed by atoms with E-state index in [0.717, 1.165) is 0 Å². The molecule has 26 heavy (non-hydrogen) atoms. The second-order valence-corrected chi connectivity index (χ2v) is 6.85. The minimum absolute atomic E-state index is 0.0137. The van der Waals surface area contributed by atoms with Gasteiger partial charge in [-0.25, -0.2) is 0 Å². The molecule has 0 amide bonds. The first kappa shape index (κ1) is 18.7. The standard InChI is InChI=1S/C15H14F7N3O/c1-11(2)7-8-5-3-4-6-9(8)10-23-24-15(26,25(10)11)13(18,19)12(16,17)14(20,21)22/h3-6,24,26H,7H2,1-2H3. The van der Waals surface area contributed by atoms with Crippen molar-refractivity contribution in [3.8, 4) is 0 Å². The summed E-state index contributed by atoms with van der Waals surface area (Å²) >= 11 is 0. The summed E-state index contributed by atoms with van der Waals surface area (Å²) in [5.74, 6) is -16.8. The average Bonchev–Trinajstić information content (AvgIpc) is 2.86. The average molecular weight is 385 g/mol. The highest BCUT2D eigenvalue weighted by Crippen LogP contribution is 2.54. The Balaban J connectivity index is 2.15. The highest BCUT2D eigenvalue weighted by molar-refractivity contribution is 6.02. The van der Waals surface area contributed by atoms with Crippen LogP contribution in [0.3, 0.4) is 0 Å². The van der Waals surface area contributed by atoms with Crippen LogP contribution in [-0.4, -0.2) is 45.3 Å². The van der Waals surface area contributed by atoms with Gasteiger partial charge in [-0.1, -0.05) is 24.3 Å². The summed E-state index contributed by atoms with van der Waals surface area (Å²) in [6.45, 7) is 2.66. The maximum absolute atomic E-state index is 14.4. The van der Waals surface area contributed by atoms with Crippen molar-refractivity contribution in [2.24, 2.45) is 5.10 Å². The van der Waals surface area contributed by atoms with Crippen molar-refractivity contribution < 1.29 is 35.8 Å².